The molecule has 0 spiro atoms. The third-order valence-electron chi connectivity index (χ3n) is 3.93. The van der Waals surface area contributed by atoms with E-state index in [1.54, 1.807) is 25.9 Å². The Hall–Kier alpha value is -1.71. The Morgan fingerprint density at radius 2 is 1.79 bits per heavy atom. The van der Waals surface area contributed by atoms with Crippen molar-refractivity contribution in [3.8, 4) is 5.75 Å². The molecule has 0 aliphatic carbocycles. The van der Waals surface area contributed by atoms with Crippen molar-refractivity contribution in [1.82, 2.24) is 0 Å². The Bertz CT molecular complexity index is 507. The molecule has 0 aliphatic rings. The van der Waals surface area contributed by atoms with Crippen LogP contribution in [0.3, 0.4) is 0 Å². The third kappa shape index (κ3) is 2.53. The quantitative estimate of drug-likeness (QED) is 0.909. The Kier molecular flexibility index (Phi) is 4.13. The van der Waals surface area contributed by atoms with Gasteiger partial charge < -0.3 is 14.7 Å². The smallest absolute Gasteiger partial charge is 0.328 e. The predicted molar refractivity (Wildman–Crippen MR) is 77.3 cm³/mol. The van der Waals surface area contributed by atoms with Gasteiger partial charge in [-0.05, 0) is 57.4 Å². The largest absolute Gasteiger partial charge is 0.496 e. The minimum atomic E-state index is -0.960. The fraction of sp³-hybridized carbons (Fsp3) is 0.533. The number of hydrogen-bond donors (Lipinski definition) is 1. The van der Waals surface area contributed by atoms with Gasteiger partial charge in [0.15, 0.2) is 0 Å². The third-order valence-corrected chi connectivity index (χ3v) is 3.93. The first kappa shape index (κ1) is 15.3. The van der Waals surface area contributed by atoms with Gasteiger partial charge in [-0.2, -0.15) is 0 Å². The minimum Gasteiger partial charge on any atom is -0.496 e. The van der Waals surface area contributed by atoms with Crippen molar-refractivity contribution in [2.45, 2.75) is 40.2 Å². The molecule has 1 N–H and O–H groups in total. The number of aliphatic carboxylic acids is 1. The monoisotopic (exact) mass is 265 g/mol. The SMILES string of the molecule is COc1c(C)cc(N(C)C(C)(C)C(=O)O)c(C)c1C. The van der Waals surface area contributed by atoms with Crippen LogP contribution in [0.25, 0.3) is 0 Å². The Morgan fingerprint density at radius 1 is 1.26 bits per heavy atom. The molecule has 0 aliphatic heterocycles. The van der Waals surface area contributed by atoms with E-state index in [0.717, 1.165) is 28.1 Å². The first-order valence-electron chi connectivity index (χ1n) is 6.26. The lowest BCUT2D eigenvalue weighted by atomic mass is 9.97. The summed E-state index contributed by atoms with van der Waals surface area (Å²) in [5, 5.41) is 9.34. The highest BCUT2D eigenvalue weighted by Gasteiger charge is 2.33. The van der Waals surface area contributed by atoms with Gasteiger partial charge in [0.1, 0.15) is 11.3 Å². The Balaban J connectivity index is 3.41. The number of rotatable bonds is 4. The first-order chi connectivity index (χ1) is 8.64. The summed E-state index contributed by atoms with van der Waals surface area (Å²) in [4.78, 5) is 13.2. The highest BCUT2D eigenvalue weighted by Crippen LogP contribution is 2.35. The maximum Gasteiger partial charge on any atom is 0.328 e. The number of carboxylic acid groups (broad SMARTS) is 1. The maximum atomic E-state index is 11.4. The fourth-order valence-corrected chi connectivity index (χ4v) is 2.14. The van der Waals surface area contributed by atoms with Crippen LogP contribution in [0.4, 0.5) is 5.69 Å². The molecule has 0 fully saturated rings. The van der Waals surface area contributed by atoms with Gasteiger partial charge in [-0.15, -0.1) is 0 Å². The standard InChI is InChI=1S/C15H23NO3/c1-9-8-12(10(2)11(3)13(9)19-7)16(6)15(4,5)14(17)18/h8H,1-7H3,(H,17,18). The van der Waals surface area contributed by atoms with Crippen LogP contribution in [0.5, 0.6) is 5.75 Å². The van der Waals surface area contributed by atoms with Crippen LogP contribution in [0, 0.1) is 20.8 Å². The van der Waals surface area contributed by atoms with Gasteiger partial charge in [-0.1, -0.05) is 0 Å². The van der Waals surface area contributed by atoms with Crippen LogP contribution in [0.2, 0.25) is 0 Å². The van der Waals surface area contributed by atoms with Gasteiger partial charge >= 0.3 is 5.97 Å². The summed E-state index contributed by atoms with van der Waals surface area (Å²) in [7, 11) is 3.46. The van der Waals surface area contributed by atoms with E-state index in [-0.39, 0.29) is 0 Å². The van der Waals surface area contributed by atoms with Crippen molar-refractivity contribution in [3.05, 3.63) is 22.8 Å². The summed E-state index contributed by atoms with van der Waals surface area (Å²) in [6, 6.07) is 1.98. The average Bonchev–Trinajstić information content (AvgIpc) is 2.33. The molecular formula is C15H23NO3. The van der Waals surface area contributed by atoms with Gasteiger partial charge in [-0.25, -0.2) is 4.79 Å². The number of carbonyl (C=O) groups is 1. The lowest BCUT2D eigenvalue weighted by Crippen LogP contribution is -2.48. The molecule has 0 radical (unpaired) electrons. The van der Waals surface area contributed by atoms with E-state index >= 15 is 0 Å². The molecule has 0 heterocycles. The molecule has 4 nitrogen and oxygen atoms in total. The molecule has 0 saturated carbocycles. The molecule has 0 aromatic heterocycles. The Labute approximate surface area is 115 Å². The number of nitrogens with zero attached hydrogens (tertiary/aromatic N) is 1. The van der Waals surface area contributed by atoms with Gasteiger partial charge in [0.05, 0.1) is 7.11 Å². The zero-order valence-electron chi connectivity index (χ0n) is 12.8. The van der Waals surface area contributed by atoms with Crippen LogP contribution < -0.4 is 9.64 Å². The van der Waals surface area contributed by atoms with Crippen molar-refractivity contribution < 1.29 is 14.6 Å². The highest BCUT2D eigenvalue weighted by atomic mass is 16.5. The number of hydrogen-bond acceptors (Lipinski definition) is 3. The van der Waals surface area contributed by atoms with E-state index in [0.29, 0.717) is 0 Å². The van der Waals surface area contributed by atoms with E-state index in [9.17, 15) is 9.90 Å². The maximum absolute atomic E-state index is 11.4. The summed E-state index contributed by atoms with van der Waals surface area (Å²) in [5.41, 5.74) is 3.06. The van der Waals surface area contributed by atoms with Gasteiger partial charge in [0, 0.05) is 12.7 Å². The van der Waals surface area contributed by atoms with E-state index in [1.807, 2.05) is 33.9 Å². The van der Waals surface area contributed by atoms with E-state index in [2.05, 4.69) is 0 Å². The summed E-state index contributed by atoms with van der Waals surface area (Å²) < 4.78 is 5.39. The zero-order valence-corrected chi connectivity index (χ0v) is 12.8. The second-order valence-electron chi connectivity index (χ2n) is 5.42. The van der Waals surface area contributed by atoms with E-state index in [4.69, 9.17) is 4.74 Å². The van der Waals surface area contributed by atoms with E-state index in [1.165, 1.54) is 0 Å². The van der Waals surface area contributed by atoms with Crippen LogP contribution in [-0.4, -0.2) is 30.8 Å². The van der Waals surface area contributed by atoms with E-state index < -0.39 is 11.5 Å². The summed E-state index contributed by atoms with van der Waals surface area (Å²) in [5.74, 6) is 0.0169. The normalized spacial score (nSPS) is 11.3. The molecule has 0 atom stereocenters. The Morgan fingerprint density at radius 3 is 2.21 bits per heavy atom. The van der Waals surface area contributed by atoms with Gasteiger partial charge in [0.25, 0.3) is 0 Å². The van der Waals surface area contributed by atoms with Crippen molar-refractivity contribution in [3.63, 3.8) is 0 Å². The molecule has 106 valence electrons. The second kappa shape index (κ2) is 5.11. The molecule has 1 aromatic carbocycles. The summed E-state index contributed by atoms with van der Waals surface area (Å²) >= 11 is 0. The number of carboxylic acids is 1. The number of ether oxygens (including phenoxy) is 1. The molecule has 1 rings (SSSR count). The molecule has 4 heteroatoms. The van der Waals surface area contributed by atoms with Gasteiger partial charge in [0.2, 0.25) is 0 Å². The van der Waals surface area contributed by atoms with Crippen molar-refractivity contribution in [2.75, 3.05) is 19.1 Å². The number of aryl methyl sites for hydroxylation is 1. The molecule has 1 aromatic rings. The molecular weight excluding hydrogens is 242 g/mol. The number of methoxy groups -OCH3 is 1. The van der Waals surface area contributed by atoms with Crippen LogP contribution in [-0.2, 0) is 4.79 Å². The van der Waals surface area contributed by atoms with Crippen molar-refractivity contribution in [1.29, 1.82) is 0 Å². The second-order valence-corrected chi connectivity index (χ2v) is 5.42. The minimum absolute atomic E-state index is 0.847. The number of likely N-dealkylation sites (N-methyl/N-ethyl adjacent to an activating group) is 1. The lowest BCUT2D eigenvalue weighted by Gasteiger charge is -2.35. The summed E-state index contributed by atoms with van der Waals surface area (Å²) in [6.07, 6.45) is 0. The topological polar surface area (TPSA) is 49.8 Å². The summed E-state index contributed by atoms with van der Waals surface area (Å²) in [6.45, 7) is 9.34. The lowest BCUT2D eigenvalue weighted by molar-refractivity contribution is -0.142. The van der Waals surface area contributed by atoms with Crippen LogP contribution in [0.15, 0.2) is 6.07 Å². The number of benzene rings is 1. The molecule has 0 amide bonds. The predicted octanol–water partition coefficient (Wildman–Crippen LogP) is 2.92. The molecule has 0 bridgehead atoms. The molecule has 0 saturated heterocycles. The zero-order chi connectivity index (χ0) is 15.0. The highest BCUT2D eigenvalue weighted by molar-refractivity contribution is 5.83. The number of anilines is 1. The first-order valence-corrected chi connectivity index (χ1v) is 6.26. The molecule has 19 heavy (non-hydrogen) atoms. The molecule has 0 unspecified atom stereocenters. The average molecular weight is 265 g/mol. The van der Waals surface area contributed by atoms with Crippen molar-refractivity contribution >= 4 is 11.7 Å². The van der Waals surface area contributed by atoms with Crippen LogP contribution >= 0.6 is 0 Å². The van der Waals surface area contributed by atoms with Gasteiger partial charge in [-0.3, -0.25) is 0 Å². The van der Waals surface area contributed by atoms with Crippen molar-refractivity contribution in [2.24, 2.45) is 0 Å². The fourth-order valence-electron chi connectivity index (χ4n) is 2.14. The van der Waals surface area contributed by atoms with Crippen LogP contribution in [0.1, 0.15) is 30.5 Å².